The lowest BCUT2D eigenvalue weighted by atomic mass is 9.66. The molecule has 0 spiro atoms. The van der Waals surface area contributed by atoms with E-state index in [-0.39, 0.29) is 17.2 Å². The number of hydrogen-bond donors (Lipinski definition) is 1. The molecule has 3 atom stereocenters. The zero-order valence-electron chi connectivity index (χ0n) is 23.2. The molecule has 0 aromatic heterocycles. The van der Waals surface area contributed by atoms with E-state index in [4.69, 9.17) is 0 Å². The molecule has 2 saturated heterocycles. The molecule has 0 radical (unpaired) electrons. The average Bonchev–Trinajstić information content (AvgIpc) is 2.87. The van der Waals surface area contributed by atoms with E-state index in [1.165, 1.54) is 11.1 Å². The summed E-state index contributed by atoms with van der Waals surface area (Å²) in [5.41, 5.74) is 3.35. The van der Waals surface area contributed by atoms with E-state index in [0.29, 0.717) is 30.8 Å². The highest BCUT2D eigenvalue weighted by Crippen LogP contribution is 2.43. The molecule has 0 saturated carbocycles. The molecular weight excluding hydrogens is 482 g/mol. The zero-order valence-corrected chi connectivity index (χ0v) is 24.0. The molecule has 204 valence electrons. The first kappa shape index (κ1) is 28.1. The Morgan fingerprint density at radius 1 is 1.08 bits per heavy atom. The van der Waals surface area contributed by atoms with Gasteiger partial charge in [-0.25, -0.2) is 12.7 Å². The Morgan fingerprint density at radius 3 is 2.41 bits per heavy atom. The molecule has 7 heteroatoms. The molecule has 0 amide bonds. The normalized spacial score (nSPS) is 26.5. The molecule has 2 aromatic carbocycles. The maximum absolute atomic E-state index is 13.0. The fourth-order valence-electron chi connectivity index (χ4n) is 6.85. The molecule has 2 heterocycles. The summed E-state index contributed by atoms with van der Waals surface area (Å²) in [6, 6.07) is 16.0. The predicted molar refractivity (Wildman–Crippen MR) is 151 cm³/mol. The summed E-state index contributed by atoms with van der Waals surface area (Å²) in [5.74, 6) is 0.879. The van der Waals surface area contributed by atoms with Crippen LogP contribution in [0.15, 0.2) is 48.5 Å². The Morgan fingerprint density at radius 2 is 1.76 bits per heavy atom. The van der Waals surface area contributed by atoms with Gasteiger partial charge in [0.2, 0.25) is 10.0 Å². The second kappa shape index (κ2) is 11.4. The van der Waals surface area contributed by atoms with Crippen LogP contribution in [0.4, 0.5) is 0 Å². The van der Waals surface area contributed by atoms with Crippen molar-refractivity contribution in [2.24, 2.45) is 5.92 Å². The standard InChI is InChI=1S/C30H45N3O3S/c1-6-26-12-13-27(34)20-28(26)30(3)16-19-31(4)23(2)29(30)32(5)21-24-14-17-33(18-15-24)37(35,36)22-25-10-8-7-9-11-25/h7-13,20,23-24,29,34H,6,14-19,21-22H2,1-5H3/t23?,29-,30+/m0/s1. The van der Waals surface area contributed by atoms with Gasteiger partial charge in [-0.1, -0.05) is 50.2 Å². The fourth-order valence-corrected chi connectivity index (χ4v) is 8.42. The van der Waals surface area contributed by atoms with Crippen LogP contribution in [-0.4, -0.2) is 80.0 Å². The van der Waals surface area contributed by atoms with Crippen LogP contribution in [0.5, 0.6) is 5.75 Å². The number of nitrogens with zero attached hydrogens (tertiary/aromatic N) is 3. The molecule has 0 aliphatic carbocycles. The summed E-state index contributed by atoms with van der Waals surface area (Å²) in [4.78, 5) is 4.98. The predicted octanol–water partition coefficient (Wildman–Crippen LogP) is 4.48. The van der Waals surface area contributed by atoms with E-state index in [2.05, 4.69) is 50.7 Å². The highest BCUT2D eigenvalue weighted by Gasteiger charge is 2.47. The minimum absolute atomic E-state index is 0.0758. The van der Waals surface area contributed by atoms with Gasteiger partial charge in [-0.2, -0.15) is 0 Å². The first-order chi connectivity index (χ1) is 17.5. The highest BCUT2D eigenvalue weighted by molar-refractivity contribution is 7.88. The summed E-state index contributed by atoms with van der Waals surface area (Å²) in [5, 5.41) is 10.4. The van der Waals surface area contributed by atoms with Crippen molar-refractivity contribution < 1.29 is 13.5 Å². The molecule has 37 heavy (non-hydrogen) atoms. The number of likely N-dealkylation sites (tertiary alicyclic amines) is 1. The van der Waals surface area contributed by atoms with Crippen LogP contribution >= 0.6 is 0 Å². The minimum atomic E-state index is -3.30. The lowest BCUT2D eigenvalue weighted by Crippen LogP contribution is -2.63. The van der Waals surface area contributed by atoms with Gasteiger partial charge in [0, 0.05) is 37.1 Å². The van der Waals surface area contributed by atoms with E-state index >= 15 is 0 Å². The van der Waals surface area contributed by atoms with E-state index in [9.17, 15) is 13.5 Å². The number of aromatic hydroxyl groups is 1. The Labute approximate surface area is 224 Å². The Kier molecular flexibility index (Phi) is 8.68. The zero-order chi connectivity index (χ0) is 26.8. The van der Waals surface area contributed by atoms with E-state index in [1.54, 1.807) is 4.31 Å². The fraction of sp³-hybridized carbons (Fsp3) is 0.600. The van der Waals surface area contributed by atoms with Gasteiger partial charge in [-0.3, -0.25) is 0 Å². The quantitative estimate of drug-likeness (QED) is 0.549. The maximum atomic E-state index is 13.0. The number of sulfonamides is 1. The number of phenols is 1. The average molecular weight is 528 g/mol. The highest BCUT2D eigenvalue weighted by atomic mass is 32.2. The summed E-state index contributed by atoms with van der Waals surface area (Å²) in [7, 11) is 1.15. The molecule has 1 N–H and O–H groups in total. The second-order valence-corrected chi connectivity index (χ2v) is 13.5. The summed E-state index contributed by atoms with van der Waals surface area (Å²) in [6.07, 6.45) is 3.76. The largest absolute Gasteiger partial charge is 0.508 e. The molecule has 0 bridgehead atoms. The van der Waals surface area contributed by atoms with Gasteiger partial charge in [0.15, 0.2) is 0 Å². The van der Waals surface area contributed by atoms with Crippen LogP contribution in [0, 0.1) is 5.92 Å². The first-order valence-electron chi connectivity index (χ1n) is 13.8. The van der Waals surface area contributed by atoms with Crippen LogP contribution in [-0.2, 0) is 27.6 Å². The van der Waals surface area contributed by atoms with Crippen LogP contribution in [0.2, 0.25) is 0 Å². The van der Waals surface area contributed by atoms with E-state index in [1.807, 2.05) is 42.5 Å². The van der Waals surface area contributed by atoms with Gasteiger partial charge in [0.05, 0.1) is 5.75 Å². The Hall–Kier alpha value is -1.93. The first-order valence-corrected chi connectivity index (χ1v) is 15.4. The molecule has 6 nitrogen and oxygen atoms in total. The number of benzene rings is 2. The Bertz CT molecular complexity index is 1150. The number of piperidine rings is 2. The van der Waals surface area contributed by atoms with E-state index in [0.717, 1.165) is 44.3 Å². The monoisotopic (exact) mass is 527 g/mol. The molecule has 2 aliphatic heterocycles. The third-order valence-electron chi connectivity index (χ3n) is 9.06. The Balaban J connectivity index is 1.47. The number of phenolic OH excluding ortho intramolecular Hbond substituents is 1. The summed E-state index contributed by atoms with van der Waals surface area (Å²) in [6.45, 7) is 10.1. The van der Waals surface area contributed by atoms with Crippen molar-refractivity contribution in [1.29, 1.82) is 0 Å². The molecule has 2 aromatic rings. The summed E-state index contributed by atoms with van der Waals surface area (Å²) < 4.78 is 27.8. The molecule has 1 unspecified atom stereocenters. The number of likely N-dealkylation sites (N-methyl/N-ethyl adjacent to an activating group) is 2. The number of rotatable bonds is 8. The SMILES string of the molecule is CCc1ccc(O)cc1[C@@]1(C)CCN(C)C(C)[C@@H]1N(C)CC1CCN(S(=O)(=O)Cc2ccccc2)CC1. The molecular formula is C30H45N3O3S. The topological polar surface area (TPSA) is 64.1 Å². The van der Waals surface area contributed by atoms with Crippen LogP contribution in [0.25, 0.3) is 0 Å². The van der Waals surface area contributed by atoms with Crippen LogP contribution in [0.3, 0.4) is 0 Å². The van der Waals surface area contributed by atoms with Crippen molar-refractivity contribution >= 4 is 10.0 Å². The molecule has 2 fully saturated rings. The summed E-state index contributed by atoms with van der Waals surface area (Å²) >= 11 is 0. The third-order valence-corrected chi connectivity index (χ3v) is 10.9. The van der Waals surface area contributed by atoms with E-state index < -0.39 is 10.0 Å². The van der Waals surface area contributed by atoms with Crippen LogP contribution < -0.4 is 0 Å². The van der Waals surface area contributed by atoms with Crippen molar-refractivity contribution in [2.45, 2.75) is 69.7 Å². The number of hydrogen-bond acceptors (Lipinski definition) is 5. The van der Waals surface area contributed by atoms with Gasteiger partial charge in [-0.05, 0) is 88.0 Å². The van der Waals surface area contributed by atoms with Gasteiger partial charge in [0.25, 0.3) is 0 Å². The lowest BCUT2D eigenvalue weighted by molar-refractivity contribution is 0.00988. The smallest absolute Gasteiger partial charge is 0.218 e. The maximum Gasteiger partial charge on any atom is 0.218 e. The van der Waals surface area contributed by atoms with Crippen molar-refractivity contribution in [1.82, 2.24) is 14.1 Å². The minimum Gasteiger partial charge on any atom is -0.508 e. The van der Waals surface area contributed by atoms with Gasteiger partial charge >= 0.3 is 0 Å². The van der Waals surface area contributed by atoms with Crippen LogP contribution in [0.1, 0.15) is 56.7 Å². The van der Waals surface area contributed by atoms with Crippen molar-refractivity contribution in [2.75, 3.05) is 40.3 Å². The van der Waals surface area contributed by atoms with Gasteiger partial charge < -0.3 is 14.9 Å². The number of aryl methyl sites for hydroxylation is 1. The third kappa shape index (κ3) is 6.06. The second-order valence-electron chi connectivity index (χ2n) is 11.6. The van der Waals surface area contributed by atoms with Crippen molar-refractivity contribution in [3.8, 4) is 5.75 Å². The van der Waals surface area contributed by atoms with Crippen molar-refractivity contribution in [3.05, 3.63) is 65.2 Å². The van der Waals surface area contributed by atoms with Crippen molar-refractivity contribution in [3.63, 3.8) is 0 Å². The molecule has 2 aliphatic rings. The van der Waals surface area contributed by atoms with Gasteiger partial charge in [-0.15, -0.1) is 0 Å². The lowest BCUT2D eigenvalue weighted by Gasteiger charge is -2.54. The molecule has 4 rings (SSSR count). The van der Waals surface area contributed by atoms with Gasteiger partial charge in [0.1, 0.15) is 5.75 Å².